The van der Waals surface area contributed by atoms with Crippen LogP contribution >= 0.6 is 34.7 Å². The van der Waals surface area contributed by atoms with E-state index in [0.29, 0.717) is 21.8 Å². The molecule has 5 rings (SSSR count). The van der Waals surface area contributed by atoms with Crippen molar-refractivity contribution >= 4 is 56.5 Å². The summed E-state index contributed by atoms with van der Waals surface area (Å²) in [6.07, 6.45) is 0. The first-order chi connectivity index (χ1) is 15.6. The zero-order valence-corrected chi connectivity index (χ0v) is 18.9. The number of nitrogens with one attached hydrogen (secondary N) is 1. The van der Waals surface area contributed by atoms with Crippen LogP contribution in [0.25, 0.3) is 32.2 Å². The van der Waals surface area contributed by atoms with Crippen LogP contribution in [0, 0.1) is 0 Å². The summed E-state index contributed by atoms with van der Waals surface area (Å²) < 4.78 is 6.76. The zero-order chi connectivity index (χ0) is 21.9. The highest BCUT2D eigenvalue weighted by molar-refractivity contribution is 7.99. The van der Waals surface area contributed by atoms with Gasteiger partial charge in [-0.1, -0.05) is 35.5 Å². The molecule has 2 aromatic heterocycles. The Morgan fingerprint density at radius 1 is 0.969 bits per heavy atom. The van der Waals surface area contributed by atoms with Gasteiger partial charge in [-0.05, 0) is 60.7 Å². The largest absolute Gasteiger partial charge is 0.411 e. The van der Waals surface area contributed by atoms with E-state index in [0.717, 1.165) is 26.4 Å². The topological polar surface area (TPSA) is 80.9 Å². The second-order valence-electron chi connectivity index (χ2n) is 6.78. The number of halogens is 1. The third kappa shape index (κ3) is 4.67. The molecule has 1 N–H and O–H groups in total. The molecule has 0 saturated carbocycles. The number of hydrogen-bond donors (Lipinski definition) is 1. The predicted octanol–water partition coefficient (Wildman–Crippen LogP) is 6.40. The van der Waals surface area contributed by atoms with E-state index in [1.54, 1.807) is 35.6 Å². The number of para-hydroxylation sites is 1. The molecule has 0 aliphatic heterocycles. The summed E-state index contributed by atoms with van der Waals surface area (Å²) in [6, 6.07) is 22.8. The van der Waals surface area contributed by atoms with Gasteiger partial charge >= 0.3 is 0 Å². The Balaban J connectivity index is 1.18. The van der Waals surface area contributed by atoms with E-state index in [2.05, 4.69) is 26.6 Å². The number of fused-ring (bicyclic) bond motifs is 1. The molecule has 0 atom stereocenters. The highest BCUT2D eigenvalue weighted by Gasteiger charge is 2.12. The summed E-state index contributed by atoms with van der Waals surface area (Å²) in [7, 11) is 0. The minimum Gasteiger partial charge on any atom is -0.411 e. The SMILES string of the molecule is O=C(CSc1nnc(-c2ccc(Cl)cc2)o1)Nc1ccc(-c2nc3ccccc3s2)cc1. The Hall–Kier alpha value is -3.20. The van der Waals surface area contributed by atoms with Gasteiger partial charge in [0.2, 0.25) is 11.8 Å². The van der Waals surface area contributed by atoms with Crippen LogP contribution in [-0.4, -0.2) is 26.8 Å². The molecule has 0 aliphatic carbocycles. The van der Waals surface area contributed by atoms with Crippen LogP contribution in [0.15, 0.2) is 82.4 Å². The molecule has 1 amide bonds. The van der Waals surface area contributed by atoms with Crippen LogP contribution in [-0.2, 0) is 4.79 Å². The molecule has 2 heterocycles. The fourth-order valence-corrected chi connectivity index (χ4v) is 4.65. The monoisotopic (exact) mass is 478 g/mol. The number of hydrogen-bond acceptors (Lipinski definition) is 7. The lowest BCUT2D eigenvalue weighted by Crippen LogP contribution is -2.13. The molecule has 32 heavy (non-hydrogen) atoms. The molecule has 9 heteroatoms. The fourth-order valence-electron chi connectivity index (χ4n) is 2.99. The van der Waals surface area contributed by atoms with Gasteiger partial charge in [0.05, 0.1) is 16.0 Å². The standard InChI is InChI=1S/C23H15ClN4O2S2/c24-16-9-5-14(6-10-16)21-27-28-23(30-21)31-13-20(29)25-17-11-7-15(8-12-17)22-26-18-3-1-2-4-19(18)32-22/h1-12H,13H2,(H,25,29). The van der Waals surface area contributed by atoms with Gasteiger partial charge in [-0.25, -0.2) is 4.98 Å². The molecule has 158 valence electrons. The normalized spacial score (nSPS) is 11.0. The lowest BCUT2D eigenvalue weighted by atomic mass is 10.2. The molecule has 0 radical (unpaired) electrons. The van der Waals surface area contributed by atoms with Crippen molar-refractivity contribution in [1.29, 1.82) is 0 Å². The van der Waals surface area contributed by atoms with E-state index in [1.807, 2.05) is 42.5 Å². The van der Waals surface area contributed by atoms with Crippen molar-refractivity contribution < 1.29 is 9.21 Å². The highest BCUT2D eigenvalue weighted by Crippen LogP contribution is 2.30. The first-order valence-electron chi connectivity index (χ1n) is 9.62. The summed E-state index contributed by atoms with van der Waals surface area (Å²) in [5.41, 5.74) is 3.49. The van der Waals surface area contributed by atoms with E-state index in [-0.39, 0.29) is 11.7 Å². The number of thioether (sulfide) groups is 1. The number of anilines is 1. The molecule has 6 nitrogen and oxygen atoms in total. The third-order valence-corrected chi connectivity index (χ3v) is 6.69. The molecule has 0 unspecified atom stereocenters. The van der Waals surface area contributed by atoms with Crippen molar-refractivity contribution in [2.75, 3.05) is 11.1 Å². The number of rotatable bonds is 6. The average Bonchev–Trinajstić information content (AvgIpc) is 3.46. The third-order valence-electron chi connectivity index (χ3n) is 4.53. The Labute approximate surface area is 196 Å². The summed E-state index contributed by atoms with van der Waals surface area (Å²) >= 11 is 8.72. The maximum Gasteiger partial charge on any atom is 0.277 e. The molecule has 0 saturated heterocycles. The van der Waals surface area contributed by atoms with Crippen LogP contribution in [0.5, 0.6) is 0 Å². The summed E-state index contributed by atoms with van der Waals surface area (Å²) in [4.78, 5) is 17.0. The van der Waals surface area contributed by atoms with Gasteiger partial charge in [0.25, 0.3) is 5.22 Å². The summed E-state index contributed by atoms with van der Waals surface area (Å²) in [5, 5.41) is 12.8. The lowest BCUT2D eigenvalue weighted by molar-refractivity contribution is -0.113. The molecule has 0 bridgehead atoms. The van der Waals surface area contributed by atoms with E-state index < -0.39 is 0 Å². The maximum absolute atomic E-state index is 12.3. The number of benzene rings is 3. The van der Waals surface area contributed by atoms with Crippen molar-refractivity contribution in [3.63, 3.8) is 0 Å². The van der Waals surface area contributed by atoms with Gasteiger partial charge in [-0.15, -0.1) is 21.5 Å². The Bertz CT molecular complexity index is 1350. The van der Waals surface area contributed by atoms with Crippen LogP contribution < -0.4 is 5.32 Å². The number of carbonyl (C=O) groups excluding carboxylic acids is 1. The van der Waals surface area contributed by atoms with E-state index in [1.165, 1.54) is 11.8 Å². The Morgan fingerprint density at radius 3 is 2.50 bits per heavy atom. The van der Waals surface area contributed by atoms with Gasteiger partial charge in [0, 0.05) is 21.8 Å². The maximum atomic E-state index is 12.3. The van der Waals surface area contributed by atoms with Crippen LogP contribution in [0.2, 0.25) is 5.02 Å². The molecule has 5 aromatic rings. The molecule has 0 aliphatic rings. The van der Waals surface area contributed by atoms with Crippen molar-refractivity contribution in [3.8, 4) is 22.0 Å². The molecular weight excluding hydrogens is 464 g/mol. The van der Waals surface area contributed by atoms with E-state index in [4.69, 9.17) is 16.0 Å². The molecular formula is C23H15ClN4O2S2. The number of aromatic nitrogens is 3. The van der Waals surface area contributed by atoms with Crippen LogP contribution in [0.4, 0.5) is 5.69 Å². The minimum atomic E-state index is -0.158. The Kier molecular flexibility index (Phi) is 5.89. The van der Waals surface area contributed by atoms with Crippen molar-refractivity contribution in [2.24, 2.45) is 0 Å². The summed E-state index contributed by atoms with van der Waals surface area (Å²) in [6.45, 7) is 0. The fraction of sp³-hybridized carbons (Fsp3) is 0.0435. The quantitative estimate of drug-likeness (QED) is 0.284. The first kappa shape index (κ1) is 20.7. The van der Waals surface area contributed by atoms with Crippen LogP contribution in [0.3, 0.4) is 0 Å². The minimum absolute atomic E-state index is 0.155. The second-order valence-corrected chi connectivity index (χ2v) is 9.17. The zero-order valence-electron chi connectivity index (χ0n) is 16.5. The van der Waals surface area contributed by atoms with Gasteiger partial charge in [-0.2, -0.15) is 0 Å². The van der Waals surface area contributed by atoms with Crippen molar-refractivity contribution in [1.82, 2.24) is 15.2 Å². The summed E-state index contributed by atoms with van der Waals surface area (Å²) in [5.74, 6) is 0.381. The first-order valence-corrected chi connectivity index (χ1v) is 11.8. The van der Waals surface area contributed by atoms with Crippen molar-refractivity contribution in [3.05, 3.63) is 77.8 Å². The van der Waals surface area contributed by atoms with Gasteiger partial charge in [0.15, 0.2) is 0 Å². The van der Waals surface area contributed by atoms with Crippen LogP contribution in [0.1, 0.15) is 0 Å². The van der Waals surface area contributed by atoms with Gasteiger partial charge < -0.3 is 9.73 Å². The molecule has 0 spiro atoms. The smallest absolute Gasteiger partial charge is 0.277 e. The lowest BCUT2D eigenvalue weighted by Gasteiger charge is -2.04. The van der Waals surface area contributed by atoms with Gasteiger partial charge in [-0.3, -0.25) is 4.79 Å². The second kappa shape index (κ2) is 9.12. The average molecular weight is 479 g/mol. The number of thiazole rings is 1. The Morgan fingerprint density at radius 2 is 1.72 bits per heavy atom. The number of nitrogens with zero attached hydrogens (tertiary/aromatic N) is 3. The van der Waals surface area contributed by atoms with E-state index >= 15 is 0 Å². The molecule has 0 fully saturated rings. The number of carbonyl (C=O) groups is 1. The highest BCUT2D eigenvalue weighted by atomic mass is 35.5. The van der Waals surface area contributed by atoms with Crippen molar-refractivity contribution in [2.45, 2.75) is 5.22 Å². The predicted molar refractivity (Wildman–Crippen MR) is 129 cm³/mol. The number of amides is 1. The molecule has 3 aromatic carbocycles. The van der Waals surface area contributed by atoms with Gasteiger partial charge in [0.1, 0.15) is 5.01 Å². The van der Waals surface area contributed by atoms with E-state index in [9.17, 15) is 4.79 Å².